The molecule has 1 aliphatic heterocycles. The molecule has 82 valence electrons. The molecule has 2 heteroatoms. The summed E-state index contributed by atoms with van der Waals surface area (Å²) in [5.74, 6) is 1.20. The average molecular weight is 222 g/mol. The molecule has 1 heterocycles. The molecule has 15 heavy (non-hydrogen) atoms. The Balaban J connectivity index is 2.12. The van der Waals surface area contributed by atoms with E-state index in [1.165, 1.54) is 24.2 Å². The molecule has 1 aliphatic rings. The minimum absolute atomic E-state index is 0.281. The van der Waals surface area contributed by atoms with Crippen LogP contribution in [0, 0.1) is 6.92 Å². The number of aliphatic hydroxyl groups excluding tert-OH is 1. The Labute approximate surface area is 95.9 Å². The minimum atomic E-state index is -0.281. The van der Waals surface area contributed by atoms with Gasteiger partial charge in [-0.25, -0.2) is 0 Å². The monoisotopic (exact) mass is 222 g/mol. The third-order valence-corrected chi connectivity index (χ3v) is 4.52. The molecule has 0 spiro atoms. The number of hydrogen-bond donors (Lipinski definition) is 1. The topological polar surface area (TPSA) is 20.2 Å². The van der Waals surface area contributed by atoms with Crippen molar-refractivity contribution in [3.05, 3.63) is 35.4 Å². The van der Waals surface area contributed by atoms with Gasteiger partial charge in [-0.05, 0) is 36.6 Å². The van der Waals surface area contributed by atoms with Gasteiger partial charge in [0.15, 0.2) is 0 Å². The first-order chi connectivity index (χ1) is 7.29. The van der Waals surface area contributed by atoms with Gasteiger partial charge in [0.1, 0.15) is 0 Å². The summed E-state index contributed by atoms with van der Waals surface area (Å²) in [6.07, 6.45) is 3.44. The molecule has 0 aliphatic carbocycles. The lowest BCUT2D eigenvalue weighted by atomic mass is 9.98. The molecule has 0 saturated carbocycles. The van der Waals surface area contributed by atoms with Crippen molar-refractivity contribution in [2.75, 3.05) is 5.75 Å². The second-order valence-electron chi connectivity index (χ2n) is 4.21. The van der Waals surface area contributed by atoms with Crippen molar-refractivity contribution in [2.45, 2.75) is 37.5 Å². The lowest BCUT2D eigenvalue weighted by Gasteiger charge is -2.27. The van der Waals surface area contributed by atoms with Crippen LogP contribution in [0.4, 0.5) is 0 Å². The number of thioether (sulfide) groups is 1. The van der Waals surface area contributed by atoms with E-state index < -0.39 is 0 Å². The molecule has 0 bridgehead atoms. The maximum Gasteiger partial charge on any atom is 0.0911 e. The largest absolute Gasteiger partial charge is 0.387 e. The highest BCUT2D eigenvalue weighted by molar-refractivity contribution is 7.99. The smallest absolute Gasteiger partial charge is 0.0911 e. The normalized spacial score (nSPS) is 23.7. The van der Waals surface area contributed by atoms with Crippen LogP contribution in [0.2, 0.25) is 0 Å². The van der Waals surface area contributed by atoms with Crippen LogP contribution in [-0.2, 0) is 0 Å². The highest BCUT2D eigenvalue weighted by atomic mass is 32.2. The van der Waals surface area contributed by atoms with Crippen molar-refractivity contribution in [3.8, 4) is 0 Å². The summed E-state index contributed by atoms with van der Waals surface area (Å²) in [7, 11) is 0. The molecule has 1 nitrogen and oxygen atoms in total. The van der Waals surface area contributed by atoms with Crippen molar-refractivity contribution in [1.82, 2.24) is 0 Å². The van der Waals surface area contributed by atoms with Crippen LogP contribution >= 0.6 is 11.8 Å². The molecule has 2 rings (SSSR count). The van der Waals surface area contributed by atoms with Crippen LogP contribution in [0.25, 0.3) is 0 Å². The summed E-state index contributed by atoms with van der Waals surface area (Å²) in [4.78, 5) is 0. The van der Waals surface area contributed by atoms with Crippen LogP contribution in [-0.4, -0.2) is 16.1 Å². The summed E-state index contributed by atoms with van der Waals surface area (Å²) < 4.78 is 0. The second kappa shape index (κ2) is 5.04. The number of rotatable bonds is 2. The van der Waals surface area contributed by atoms with Crippen molar-refractivity contribution < 1.29 is 5.11 Å². The number of benzene rings is 1. The summed E-state index contributed by atoms with van der Waals surface area (Å²) in [5, 5.41) is 10.7. The van der Waals surface area contributed by atoms with E-state index in [-0.39, 0.29) is 6.10 Å². The summed E-state index contributed by atoms with van der Waals surface area (Å²) in [5.41, 5.74) is 2.31. The van der Waals surface area contributed by atoms with Crippen LogP contribution < -0.4 is 0 Å². The third-order valence-electron chi connectivity index (χ3n) is 3.07. The van der Waals surface area contributed by atoms with Gasteiger partial charge in [-0.1, -0.05) is 30.7 Å². The van der Waals surface area contributed by atoms with E-state index in [1.54, 1.807) is 0 Å². The zero-order valence-corrected chi connectivity index (χ0v) is 9.96. The molecule has 1 saturated heterocycles. The number of aryl methyl sites for hydroxylation is 1. The Morgan fingerprint density at radius 2 is 2.13 bits per heavy atom. The molecule has 1 fully saturated rings. The fourth-order valence-corrected chi connectivity index (χ4v) is 3.47. The highest BCUT2D eigenvalue weighted by Gasteiger charge is 2.24. The van der Waals surface area contributed by atoms with Crippen LogP contribution in [0.5, 0.6) is 0 Å². The number of aliphatic hydroxyl groups is 1. The Hall–Kier alpha value is -0.470. The maximum absolute atomic E-state index is 10.3. The summed E-state index contributed by atoms with van der Waals surface area (Å²) >= 11 is 1.92. The van der Waals surface area contributed by atoms with Crippen molar-refractivity contribution in [1.29, 1.82) is 0 Å². The second-order valence-corrected chi connectivity index (χ2v) is 5.55. The first kappa shape index (κ1) is 11.0. The first-order valence-corrected chi connectivity index (χ1v) is 6.69. The van der Waals surface area contributed by atoms with Gasteiger partial charge in [-0.2, -0.15) is 11.8 Å². The predicted octanol–water partition coefficient (Wildman–Crippen LogP) is 3.31. The van der Waals surface area contributed by atoms with E-state index in [9.17, 15) is 5.11 Å². The molecule has 0 aromatic heterocycles. The van der Waals surface area contributed by atoms with Gasteiger partial charge in [-0.3, -0.25) is 0 Å². The Morgan fingerprint density at radius 1 is 1.33 bits per heavy atom. The van der Waals surface area contributed by atoms with Gasteiger partial charge < -0.3 is 5.11 Å². The Morgan fingerprint density at radius 3 is 2.80 bits per heavy atom. The van der Waals surface area contributed by atoms with E-state index in [0.29, 0.717) is 5.25 Å². The fraction of sp³-hybridized carbons (Fsp3) is 0.538. The van der Waals surface area contributed by atoms with Gasteiger partial charge in [0, 0.05) is 5.25 Å². The molecular formula is C13H18OS. The molecule has 0 amide bonds. The first-order valence-electron chi connectivity index (χ1n) is 5.64. The van der Waals surface area contributed by atoms with E-state index in [2.05, 4.69) is 19.1 Å². The molecule has 1 aromatic carbocycles. The zero-order chi connectivity index (χ0) is 10.7. The predicted molar refractivity (Wildman–Crippen MR) is 66.2 cm³/mol. The lowest BCUT2D eigenvalue weighted by Crippen LogP contribution is -2.19. The number of hydrogen-bond acceptors (Lipinski definition) is 2. The molecule has 1 aromatic rings. The van der Waals surface area contributed by atoms with Crippen molar-refractivity contribution in [2.24, 2.45) is 0 Å². The third kappa shape index (κ3) is 2.56. The Bertz CT molecular complexity index is 318. The van der Waals surface area contributed by atoms with Crippen LogP contribution in [0.1, 0.15) is 36.5 Å². The molecule has 2 atom stereocenters. The fourth-order valence-electron chi connectivity index (χ4n) is 2.13. The van der Waals surface area contributed by atoms with Gasteiger partial charge in [0.25, 0.3) is 0 Å². The average Bonchev–Trinajstić information content (AvgIpc) is 2.30. The molecule has 1 N–H and O–H groups in total. The maximum atomic E-state index is 10.3. The van der Waals surface area contributed by atoms with Gasteiger partial charge in [-0.15, -0.1) is 0 Å². The molecule has 2 unspecified atom stereocenters. The van der Waals surface area contributed by atoms with E-state index in [1.807, 2.05) is 23.9 Å². The zero-order valence-electron chi connectivity index (χ0n) is 9.15. The van der Waals surface area contributed by atoms with Crippen LogP contribution in [0.3, 0.4) is 0 Å². The van der Waals surface area contributed by atoms with Crippen molar-refractivity contribution in [3.63, 3.8) is 0 Å². The van der Waals surface area contributed by atoms with E-state index in [4.69, 9.17) is 0 Å². The van der Waals surface area contributed by atoms with E-state index >= 15 is 0 Å². The Kier molecular flexibility index (Phi) is 3.71. The molecule has 0 radical (unpaired) electrons. The van der Waals surface area contributed by atoms with Gasteiger partial charge >= 0.3 is 0 Å². The minimum Gasteiger partial charge on any atom is -0.387 e. The lowest BCUT2D eigenvalue weighted by molar-refractivity contribution is 0.168. The van der Waals surface area contributed by atoms with Crippen molar-refractivity contribution >= 4 is 11.8 Å². The highest BCUT2D eigenvalue weighted by Crippen LogP contribution is 2.35. The van der Waals surface area contributed by atoms with E-state index in [0.717, 1.165) is 12.0 Å². The molecular weight excluding hydrogens is 204 g/mol. The van der Waals surface area contributed by atoms with Gasteiger partial charge in [0.05, 0.1) is 6.10 Å². The standard InChI is InChI=1S/C13H18OS/c1-10-6-2-3-7-11(10)13(14)12-8-4-5-9-15-12/h2-3,6-7,12-14H,4-5,8-9H2,1H3. The van der Waals surface area contributed by atoms with Gasteiger partial charge in [0.2, 0.25) is 0 Å². The summed E-state index contributed by atoms with van der Waals surface area (Å²) in [6, 6.07) is 8.17. The quantitative estimate of drug-likeness (QED) is 0.828. The summed E-state index contributed by atoms with van der Waals surface area (Å²) in [6.45, 7) is 2.08. The SMILES string of the molecule is Cc1ccccc1C(O)C1CCCCS1. The van der Waals surface area contributed by atoms with Crippen LogP contribution in [0.15, 0.2) is 24.3 Å².